The van der Waals surface area contributed by atoms with Crippen molar-refractivity contribution in [2.24, 2.45) is 0 Å². The van der Waals surface area contributed by atoms with Crippen LogP contribution in [0.15, 0.2) is 36.4 Å². The van der Waals surface area contributed by atoms with Crippen LogP contribution in [0, 0.1) is 0 Å². The van der Waals surface area contributed by atoms with Gasteiger partial charge in [-0.15, -0.1) is 0 Å². The van der Waals surface area contributed by atoms with E-state index in [0.717, 1.165) is 36.9 Å². The van der Waals surface area contributed by atoms with Crippen LogP contribution in [0.3, 0.4) is 0 Å². The summed E-state index contributed by atoms with van der Waals surface area (Å²) in [4.78, 5) is 16.7. The molecule has 0 aromatic heterocycles. The molecule has 1 amide bonds. The Morgan fingerprint density at radius 1 is 0.885 bits per heavy atom. The molecule has 0 unspecified atom stereocenters. The Morgan fingerprint density at radius 3 is 2.15 bits per heavy atom. The van der Waals surface area contributed by atoms with Gasteiger partial charge in [0.15, 0.2) is 0 Å². The largest absolute Gasteiger partial charge is 0.369 e. The molecule has 26 heavy (non-hydrogen) atoms. The molecule has 2 aromatic carbocycles. The van der Waals surface area contributed by atoms with Crippen molar-refractivity contribution in [2.75, 3.05) is 42.9 Å². The van der Waals surface area contributed by atoms with Crippen molar-refractivity contribution in [1.29, 1.82) is 0 Å². The van der Waals surface area contributed by atoms with Crippen LogP contribution in [0.5, 0.6) is 0 Å². The van der Waals surface area contributed by atoms with Gasteiger partial charge in [0.05, 0.1) is 27.3 Å². The highest BCUT2D eigenvalue weighted by atomic mass is 35.5. The lowest BCUT2D eigenvalue weighted by atomic mass is 10.2. The minimum atomic E-state index is -0.134. The highest BCUT2D eigenvalue weighted by Crippen LogP contribution is 2.32. The molecule has 0 aliphatic carbocycles. The van der Waals surface area contributed by atoms with E-state index < -0.39 is 0 Å². The van der Waals surface area contributed by atoms with E-state index in [1.807, 2.05) is 24.3 Å². The molecule has 3 rings (SSSR count). The Hall–Kier alpha value is -1.17. The Balaban J connectivity index is 1.52. The van der Waals surface area contributed by atoms with Crippen LogP contribution in [0.4, 0.5) is 11.4 Å². The molecule has 1 aliphatic rings. The van der Waals surface area contributed by atoms with E-state index in [2.05, 4.69) is 15.1 Å². The second kappa shape index (κ2) is 8.68. The summed E-state index contributed by atoms with van der Waals surface area (Å²) in [5.41, 5.74) is 1.60. The normalized spacial score (nSPS) is 15.2. The molecule has 0 radical (unpaired) electrons. The van der Waals surface area contributed by atoms with Crippen LogP contribution >= 0.6 is 46.4 Å². The fourth-order valence-corrected chi connectivity index (χ4v) is 3.55. The maximum Gasteiger partial charge on any atom is 0.238 e. The summed E-state index contributed by atoms with van der Waals surface area (Å²) in [6.07, 6.45) is 0. The lowest BCUT2D eigenvalue weighted by Gasteiger charge is -2.35. The number of hydrogen-bond acceptors (Lipinski definition) is 3. The number of nitrogens with one attached hydrogen (secondary N) is 1. The number of nitrogens with zero attached hydrogens (tertiary/aromatic N) is 2. The molecule has 0 saturated carbocycles. The zero-order valence-electron chi connectivity index (χ0n) is 13.8. The van der Waals surface area contributed by atoms with Gasteiger partial charge in [-0.3, -0.25) is 9.69 Å². The van der Waals surface area contributed by atoms with Crippen molar-refractivity contribution in [1.82, 2.24) is 4.90 Å². The minimum absolute atomic E-state index is 0.134. The van der Waals surface area contributed by atoms with E-state index in [1.54, 1.807) is 6.07 Å². The smallest absolute Gasteiger partial charge is 0.238 e. The fourth-order valence-electron chi connectivity index (χ4n) is 2.83. The third kappa shape index (κ3) is 4.96. The number of piperazine rings is 1. The molecule has 2 aromatic rings. The molecule has 1 fully saturated rings. The number of halogens is 4. The third-order valence-electron chi connectivity index (χ3n) is 4.22. The second-order valence-electron chi connectivity index (χ2n) is 6.03. The Labute approximate surface area is 172 Å². The second-order valence-corrected chi connectivity index (χ2v) is 7.69. The van der Waals surface area contributed by atoms with Crippen molar-refractivity contribution in [3.05, 3.63) is 56.5 Å². The first-order valence-corrected chi connectivity index (χ1v) is 9.61. The van der Waals surface area contributed by atoms with Gasteiger partial charge >= 0.3 is 0 Å². The molecule has 1 aliphatic heterocycles. The molecule has 0 atom stereocenters. The predicted molar refractivity (Wildman–Crippen MR) is 110 cm³/mol. The molecule has 1 saturated heterocycles. The van der Waals surface area contributed by atoms with Gasteiger partial charge in [0.25, 0.3) is 0 Å². The van der Waals surface area contributed by atoms with E-state index in [-0.39, 0.29) is 5.91 Å². The number of carbonyl (C=O) groups is 1. The summed E-state index contributed by atoms with van der Waals surface area (Å²) in [5.74, 6) is -0.134. The van der Waals surface area contributed by atoms with E-state index in [9.17, 15) is 4.79 Å². The van der Waals surface area contributed by atoms with Crippen molar-refractivity contribution in [3.63, 3.8) is 0 Å². The summed E-state index contributed by atoms with van der Waals surface area (Å²) in [5, 5.41) is 4.58. The van der Waals surface area contributed by atoms with Gasteiger partial charge in [0, 0.05) is 36.9 Å². The van der Waals surface area contributed by atoms with Crippen LogP contribution in [-0.4, -0.2) is 43.5 Å². The Kier molecular flexibility index (Phi) is 6.54. The van der Waals surface area contributed by atoms with Crippen LogP contribution < -0.4 is 10.2 Å². The molecular weight excluding hydrogens is 416 g/mol. The van der Waals surface area contributed by atoms with Crippen LogP contribution in [0.2, 0.25) is 20.1 Å². The summed E-state index contributed by atoms with van der Waals surface area (Å²) < 4.78 is 0. The number of hydrogen-bond donors (Lipinski definition) is 1. The molecule has 4 nitrogen and oxygen atoms in total. The first kappa shape index (κ1) is 19.6. The van der Waals surface area contributed by atoms with E-state index in [4.69, 9.17) is 46.4 Å². The number of carbonyl (C=O) groups excluding carboxylic acids is 1. The first-order chi connectivity index (χ1) is 12.4. The Morgan fingerprint density at radius 2 is 1.50 bits per heavy atom. The summed E-state index contributed by atoms with van der Waals surface area (Å²) in [6.45, 7) is 3.59. The van der Waals surface area contributed by atoms with E-state index in [1.165, 1.54) is 6.07 Å². The van der Waals surface area contributed by atoms with Gasteiger partial charge in [0.1, 0.15) is 0 Å². The van der Waals surface area contributed by atoms with Gasteiger partial charge < -0.3 is 10.2 Å². The highest BCUT2D eigenvalue weighted by Gasteiger charge is 2.20. The van der Waals surface area contributed by atoms with Crippen LogP contribution in [0.25, 0.3) is 0 Å². The van der Waals surface area contributed by atoms with Crippen LogP contribution in [-0.2, 0) is 4.79 Å². The lowest BCUT2D eigenvalue weighted by molar-refractivity contribution is -0.117. The lowest BCUT2D eigenvalue weighted by Crippen LogP contribution is -2.48. The maximum absolute atomic E-state index is 12.3. The van der Waals surface area contributed by atoms with Gasteiger partial charge in [-0.2, -0.15) is 0 Å². The third-order valence-corrected chi connectivity index (χ3v) is 5.50. The first-order valence-electron chi connectivity index (χ1n) is 8.09. The monoisotopic (exact) mass is 431 g/mol. The number of rotatable bonds is 4. The summed E-state index contributed by atoms with van der Waals surface area (Å²) in [7, 11) is 0. The Bertz CT molecular complexity index is 790. The van der Waals surface area contributed by atoms with Crippen molar-refractivity contribution in [2.45, 2.75) is 0 Å². The topological polar surface area (TPSA) is 35.6 Å². The molecule has 138 valence electrons. The summed E-state index contributed by atoms with van der Waals surface area (Å²) in [6, 6.07) is 10.9. The maximum atomic E-state index is 12.3. The number of amides is 1. The van der Waals surface area contributed by atoms with Crippen molar-refractivity contribution < 1.29 is 4.79 Å². The standard InChI is InChI=1S/C18H17Cl4N3O/c19-12-1-3-13(4-2-12)25-7-5-24(6-8-25)11-18(26)23-17-10-15(21)14(20)9-16(17)22/h1-4,9-10H,5-8,11H2,(H,23,26). The van der Waals surface area contributed by atoms with Crippen molar-refractivity contribution >= 4 is 63.7 Å². The molecule has 8 heteroatoms. The van der Waals surface area contributed by atoms with Gasteiger partial charge in [-0.05, 0) is 36.4 Å². The molecule has 0 spiro atoms. The number of anilines is 2. The van der Waals surface area contributed by atoms with Gasteiger partial charge in [0.2, 0.25) is 5.91 Å². The molecular formula is C18H17Cl4N3O. The average Bonchev–Trinajstić information content (AvgIpc) is 2.61. The summed E-state index contributed by atoms with van der Waals surface area (Å²) >= 11 is 23.9. The van der Waals surface area contributed by atoms with E-state index in [0.29, 0.717) is 27.3 Å². The SMILES string of the molecule is O=C(CN1CCN(c2ccc(Cl)cc2)CC1)Nc1cc(Cl)c(Cl)cc1Cl. The average molecular weight is 433 g/mol. The zero-order chi connectivity index (χ0) is 18.7. The highest BCUT2D eigenvalue weighted by molar-refractivity contribution is 6.44. The zero-order valence-corrected chi connectivity index (χ0v) is 16.8. The predicted octanol–water partition coefficient (Wildman–Crippen LogP) is 5.06. The van der Waals surface area contributed by atoms with E-state index >= 15 is 0 Å². The van der Waals surface area contributed by atoms with Gasteiger partial charge in [-0.25, -0.2) is 0 Å². The molecule has 1 heterocycles. The van der Waals surface area contributed by atoms with Crippen LogP contribution in [0.1, 0.15) is 0 Å². The molecule has 1 N–H and O–H groups in total. The quantitative estimate of drug-likeness (QED) is 0.685. The van der Waals surface area contributed by atoms with Gasteiger partial charge in [-0.1, -0.05) is 46.4 Å². The fraction of sp³-hybridized carbons (Fsp3) is 0.278. The minimum Gasteiger partial charge on any atom is -0.369 e. The van der Waals surface area contributed by atoms with Crippen molar-refractivity contribution in [3.8, 4) is 0 Å². The molecule has 0 bridgehead atoms. The number of benzene rings is 2.